The van der Waals surface area contributed by atoms with Gasteiger partial charge in [0.15, 0.2) is 0 Å². The van der Waals surface area contributed by atoms with Gasteiger partial charge in [-0.25, -0.2) is 0 Å². The van der Waals surface area contributed by atoms with E-state index in [0.29, 0.717) is 19.8 Å². The molecule has 2 aliphatic rings. The molecule has 0 bridgehead atoms. The van der Waals surface area contributed by atoms with Gasteiger partial charge in [0.05, 0.1) is 0 Å². The van der Waals surface area contributed by atoms with Crippen molar-refractivity contribution in [1.29, 1.82) is 0 Å². The maximum atomic E-state index is 6.12. The molecule has 138 valence electrons. The Hall–Kier alpha value is -0.423. The van der Waals surface area contributed by atoms with Gasteiger partial charge in [-0.2, -0.15) is 0 Å². The van der Waals surface area contributed by atoms with Crippen LogP contribution in [-0.4, -0.2) is 28.6 Å². The molecule has 4 heteroatoms. The summed E-state index contributed by atoms with van der Waals surface area (Å²) < 4.78 is 18.4. The van der Waals surface area contributed by atoms with Crippen molar-refractivity contribution in [2.75, 3.05) is 19.8 Å². The van der Waals surface area contributed by atoms with Gasteiger partial charge >= 0.3 is 8.80 Å². The Labute approximate surface area is 149 Å². The number of hydrogen-bond acceptors (Lipinski definition) is 3. The number of rotatable bonds is 8. The lowest BCUT2D eigenvalue weighted by Gasteiger charge is -2.30. The van der Waals surface area contributed by atoms with E-state index in [1.807, 2.05) is 20.8 Å². The van der Waals surface area contributed by atoms with Crippen LogP contribution in [-0.2, 0) is 13.3 Å². The van der Waals surface area contributed by atoms with Crippen LogP contribution in [0.4, 0.5) is 0 Å². The van der Waals surface area contributed by atoms with Gasteiger partial charge in [0, 0.05) is 19.8 Å². The molecule has 1 unspecified atom stereocenters. The van der Waals surface area contributed by atoms with Crippen LogP contribution in [0.2, 0.25) is 0 Å². The fourth-order valence-corrected chi connectivity index (χ4v) is 6.86. The van der Waals surface area contributed by atoms with E-state index in [9.17, 15) is 0 Å². The van der Waals surface area contributed by atoms with Gasteiger partial charge in [-0.05, 0) is 83.3 Å². The number of allylic oxidation sites excluding steroid dienone is 4. The van der Waals surface area contributed by atoms with Crippen LogP contribution in [0.1, 0.15) is 78.6 Å². The standard InChI is InChI=1S/C20H36O3Si/c1-4-21-24(22-5-2,23-6-3)20-15-11-14-19(16-17-20)18-12-9-7-8-10-13-18/h12,15,19H,4-11,13-14,16-17H2,1-3H3. The molecule has 0 aromatic rings. The van der Waals surface area contributed by atoms with Crippen LogP contribution in [0.3, 0.4) is 0 Å². The highest BCUT2D eigenvalue weighted by atomic mass is 28.4. The molecule has 0 saturated carbocycles. The van der Waals surface area contributed by atoms with Crippen LogP contribution in [0, 0.1) is 5.92 Å². The molecule has 0 amide bonds. The summed E-state index contributed by atoms with van der Waals surface area (Å²) in [6.07, 6.45) is 16.3. The van der Waals surface area contributed by atoms with Crippen LogP contribution in [0.5, 0.6) is 0 Å². The van der Waals surface area contributed by atoms with Crippen molar-refractivity contribution >= 4 is 8.80 Å². The van der Waals surface area contributed by atoms with E-state index in [2.05, 4.69) is 12.2 Å². The van der Waals surface area contributed by atoms with Gasteiger partial charge in [-0.1, -0.05) is 24.1 Å². The molecule has 0 radical (unpaired) electrons. The molecule has 0 spiro atoms. The summed E-state index contributed by atoms with van der Waals surface area (Å²) in [5.41, 5.74) is 1.72. The van der Waals surface area contributed by atoms with Crippen molar-refractivity contribution in [3.05, 3.63) is 22.9 Å². The molecule has 0 aromatic carbocycles. The zero-order valence-electron chi connectivity index (χ0n) is 15.9. The van der Waals surface area contributed by atoms with E-state index in [4.69, 9.17) is 13.3 Å². The first-order valence-corrected chi connectivity index (χ1v) is 11.8. The van der Waals surface area contributed by atoms with Crippen LogP contribution in [0.25, 0.3) is 0 Å². The Morgan fingerprint density at radius 1 is 0.833 bits per heavy atom. The molecule has 0 saturated heterocycles. The summed E-state index contributed by atoms with van der Waals surface area (Å²) >= 11 is 0. The van der Waals surface area contributed by atoms with Crippen molar-refractivity contribution in [3.8, 4) is 0 Å². The average molecular weight is 353 g/mol. The molecule has 0 aromatic heterocycles. The maximum absolute atomic E-state index is 6.12. The van der Waals surface area contributed by atoms with Crippen LogP contribution >= 0.6 is 0 Å². The van der Waals surface area contributed by atoms with Crippen molar-refractivity contribution in [3.63, 3.8) is 0 Å². The predicted octanol–water partition coefficient (Wildman–Crippen LogP) is 5.58. The molecule has 1 atom stereocenters. The van der Waals surface area contributed by atoms with E-state index >= 15 is 0 Å². The lowest BCUT2D eigenvalue weighted by molar-refractivity contribution is 0.0796. The van der Waals surface area contributed by atoms with Gasteiger partial charge in [-0.3, -0.25) is 0 Å². The first-order chi connectivity index (χ1) is 11.8. The van der Waals surface area contributed by atoms with Gasteiger partial charge in [0.1, 0.15) is 0 Å². The zero-order valence-corrected chi connectivity index (χ0v) is 16.9. The minimum Gasteiger partial charge on any atom is -0.370 e. The molecule has 0 aliphatic heterocycles. The molecule has 0 N–H and O–H groups in total. The lowest BCUT2D eigenvalue weighted by Crippen LogP contribution is -2.48. The monoisotopic (exact) mass is 352 g/mol. The summed E-state index contributed by atoms with van der Waals surface area (Å²) in [6.45, 7) is 8.07. The largest absolute Gasteiger partial charge is 0.532 e. The summed E-state index contributed by atoms with van der Waals surface area (Å²) in [7, 11) is -2.67. The van der Waals surface area contributed by atoms with Gasteiger partial charge in [0.2, 0.25) is 0 Å². The van der Waals surface area contributed by atoms with E-state index in [0.717, 1.165) is 18.8 Å². The second-order valence-corrected chi connectivity index (χ2v) is 9.40. The Morgan fingerprint density at radius 3 is 2.21 bits per heavy atom. The Bertz CT molecular complexity index is 414. The molecule has 2 aliphatic carbocycles. The van der Waals surface area contributed by atoms with Gasteiger partial charge < -0.3 is 13.3 Å². The van der Waals surface area contributed by atoms with E-state index in [-0.39, 0.29) is 0 Å². The quantitative estimate of drug-likeness (QED) is 0.421. The van der Waals surface area contributed by atoms with Crippen molar-refractivity contribution in [2.24, 2.45) is 5.92 Å². The fourth-order valence-electron chi connectivity index (χ4n) is 4.07. The highest BCUT2D eigenvalue weighted by molar-refractivity contribution is 6.68. The van der Waals surface area contributed by atoms with Crippen molar-refractivity contribution in [2.45, 2.75) is 78.6 Å². The predicted molar refractivity (Wildman–Crippen MR) is 102 cm³/mol. The molecule has 2 rings (SSSR count). The lowest BCUT2D eigenvalue weighted by atomic mass is 9.88. The average Bonchev–Trinajstić information content (AvgIpc) is 2.98. The maximum Gasteiger partial charge on any atom is 0.532 e. The summed E-state index contributed by atoms with van der Waals surface area (Å²) in [6, 6.07) is 0. The molecular weight excluding hydrogens is 316 g/mol. The highest BCUT2D eigenvalue weighted by Crippen LogP contribution is 2.36. The molecule has 0 heterocycles. The Balaban J connectivity index is 2.08. The van der Waals surface area contributed by atoms with E-state index in [1.54, 1.807) is 5.57 Å². The fraction of sp³-hybridized carbons (Fsp3) is 0.800. The SMILES string of the molecule is CCO[Si](OCC)(OCC)C1=CCCC(C2=CCCCCC2)CC1. The second-order valence-electron chi connectivity index (χ2n) is 6.78. The Morgan fingerprint density at radius 2 is 1.54 bits per heavy atom. The van der Waals surface area contributed by atoms with E-state index < -0.39 is 8.80 Å². The van der Waals surface area contributed by atoms with Crippen LogP contribution < -0.4 is 0 Å². The first-order valence-electron chi connectivity index (χ1n) is 10.1. The normalized spacial score (nSPS) is 23.2. The molecule has 24 heavy (non-hydrogen) atoms. The third-order valence-electron chi connectivity index (χ3n) is 5.16. The number of hydrogen-bond donors (Lipinski definition) is 0. The van der Waals surface area contributed by atoms with Crippen LogP contribution in [0.15, 0.2) is 22.9 Å². The summed E-state index contributed by atoms with van der Waals surface area (Å²) in [5, 5.41) is 1.32. The second kappa shape index (κ2) is 10.5. The Kier molecular flexibility index (Phi) is 8.74. The van der Waals surface area contributed by atoms with Crippen molar-refractivity contribution < 1.29 is 13.3 Å². The van der Waals surface area contributed by atoms with Gasteiger partial charge in [0.25, 0.3) is 0 Å². The highest BCUT2D eigenvalue weighted by Gasteiger charge is 2.45. The first kappa shape index (κ1) is 19.9. The molecule has 0 fully saturated rings. The molecule has 3 nitrogen and oxygen atoms in total. The van der Waals surface area contributed by atoms with E-state index in [1.165, 1.54) is 50.1 Å². The minimum atomic E-state index is -2.67. The zero-order chi connectivity index (χ0) is 17.3. The summed E-state index contributed by atoms with van der Waals surface area (Å²) in [4.78, 5) is 0. The third kappa shape index (κ3) is 5.28. The smallest absolute Gasteiger partial charge is 0.370 e. The topological polar surface area (TPSA) is 27.7 Å². The minimum absolute atomic E-state index is 0.651. The summed E-state index contributed by atoms with van der Waals surface area (Å²) in [5.74, 6) is 0.744. The van der Waals surface area contributed by atoms with Gasteiger partial charge in [-0.15, -0.1) is 0 Å². The third-order valence-corrected chi connectivity index (χ3v) is 8.41. The van der Waals surface area contributed by atoms with Crippen molar-refractivity contribution in [1.82, 2.24) is 0 Å². The molecular formula is C20H36O3Si.